The number of hydrogen-bond acceptors (Lipinski definition) is 3. The van der Waals surface area contributed by atoms with Gasteiger partial charge in [0.1, 0.15) is 0 Å². The predicted octanol–water partition coefficient (Wildman–Crippen LogP) is 2.85. The SMILES string of the molecule is COC1=CCCC(CN(C(=O)C(C)C)C(C)C)C=N1. The Morgan fingerprint density at radius 2 is 2.16 bits per heavy atom. The van der Waals surface area contributed by atoms with Crippen molar-refractivity contribution in [3.63, 3.8) is 0 Å². The lowest BCUT2D eigenvalue weighted by atomic mass is 10.0. The van der Waals surface area contributed by atoms with Gasteiger partial charge in [0.15, 0.2) is 0 Å². The number of aliphatic imine (C=N–C) groups is 1. The van der Waals surface area contributed by atoms with Crippen LogP contribution in [0.1, 0.15) is 40.5 Å². The van der Waals surface area contributed by atoms with Gasteiger partial charge in [0.2, 0.25) is 11.8 Å². The highest BCUT2D eigenvalue weighted by Gasteiger charge is 2.23. The van der Waals surface area contributed by atoms with Crippen molar-refractivity contribution in [3.05, 3.63) is 12.0 Å². The second-order valence-electron chi connectivity index (χ2n) is 5.60. The van der Waals surface area contributed by atoms with Gasteiger partial charge >= 0.3 is 0 Å². The van der Waals surface area contributed by atoms with Crippen LogP contribution in [0.15, 0.2) is 17.0 Å². The number of rotatable bonds is 5. The van der Waals surface area contributed by atoms with Crippen LogP contribution in [-0.4, -0.2) is 36.7 Å². The van der Waals surface area contributed by atoms with E-state index in [-0.39, 0.29) is 17.9 Å². The molecule has 1 aliphatic heterocycles. The van der Waals surface area contributed by atoms with Crippen molar-refractivity contribution >= 4 is 12.1 Å². The molecule has 0 aromatic heterocycles. The van der Waals surface area contributed by atoms with Crippen molar-refractivity contribution < 1.29 is 9.53 Å². The first kappa shape index (κ1) is 15.7. The van der Waals surface area contributed by atoms with Crippen molar-refractivity contribution in [1.82, 2.24) is 4.90 Å². The Hall–Kier alpha value is -1.32. The number of carbonyl (C=O) groups is 1. The number of methoxy groups -OCH3 is 1. The van der Waals surface area contributed by atoms with Gasteiger partial charge in [-0.25, -0.2) is 4.99 Å². The molecule has 1 aliphatic rings. The van der Waals surface area contributed by atoms with Crippen molar-refractivity contribution in [3.8, 4) is 0 Å². The minimum absolute atomic E-state index is 0.0396. The van der Waals surface area contributed by atoms with E-state index in [1.54, 1.807) is 7.11 Å². The average molecular weight is 266 g/mol. The first-order valence-electron chi connectivity index (χ1n) is 7.04. The van der Waals surface area contributed by atoms with Gasteiger partial charge in [0, 0.05) is 30.6 Å². The van der Waals surface area contributed by atoms with Gasteiger partial charge in [0.25, 0.3) is 0 Å². The lowest BCUT2D eigenvalue weighted by Crippen LogP contribution is -2.42. The Morgan fingerprint density at radius 3 is 2.68 bits per heavy atom. The third-order valence-electron chi connectivity index (χ3n) is 3.31. The van der Waals surface area contributed by atoms with Gasteiger partial charge in [-0.1, -0.05) is 13.8 Å². The van der Waals surface area contributed by atoms with Crippen LogP contribution in [0, 0.1) is 11.8 Å². The molecule has 0 fully saturated rings. The van der Waals surface area contributed by atoms with E-state index in [0.717, 1.165) is 19.4 Å². The summed E-state index contributed by atoms with van der Waals surface area (Å²) < 4.78 is 5.14. The molecule has 0 aromatic carbocycles. The number of carbonyl (C=O) groups excluding carboxylic acids is 1. The van der Waals surface area contributed by atoms with E-state index < -0.39 is 0 Å². The van der Waals surface area contributed by atoms with Gasteiger partial charge in [-0.2, -0.15) is 0 Å². The minimum Gasteiger partial charge on any atom is -0.481 e. The molecule has 4 nitrogen and oxygen atoms in total. The average Bonchev–Trinajstić information content (AvgIpc) is 2.59. The van der Waals surface area contributed by atoms with E-state index in [2.05, 4.69) is 18.8 Å². The molecular formula is C15H26N2O2. The smallest absolute Gasteiger partial charge is 0.225 e. The highest BCUT2D eigenvalue weighted by Crippen LogP contribution is 2.17. The lowest BCUT2D eigenvalue weighted by Gasteiger charge is -2.31. The molecule has 1 rings (SSSR count). The van der Waals surface area contributed by atoms with Gasteiger partial charge < -0.3 is 9.64 Å². The summed E-state index contributed by atoms with van der Waals surface area (Å²) in [4.78, 5) is 18.5. The summed E-state index contributed by atoms with van der Waals surface area (Å²) >= 11 is 0. The van der Waals surface area contributed by atoms with Gasteiger partial charge in [0.05, 0.1) is 7.11 Å². The topological polar surface area (TPSA) is 41.9 Å². The summed E-state index contributed by atoms with van der Waals surface area (Å²) in [5, 5.41) is 0. The zero-order chi connectivity index (χ0) is 14.4. The quantitative estimate of drug-likeness (QED) is 0.768. The summed E-state index contributed by atoms with van der Waals surface area (Å²) in [7, 11) is 1.63. The molecule has 108 valence electrons. The van der Waals surface area contributed by atoms with Crippen LogP contribution in [0.25, 0.3) is 0 Å². The van der Waals surface area contributed by atoms with Crippen molar-refractivity contribution in [1.29, 1.82) is 0 Å². The molecule has 0 saturated heterocycles. The van der Waals surface area contributed by atoms with E-state index in [9.17, 15) is 4.79 Å². The zero-order valence-corrected chi connectivity index (χ0v) is 12.7. The van der Waals surface area contributed by atoms with Crippen LogP contribution in [0.4, 0.5) is 0 Å². The molecule has 0 spiro atoms. The number of amides is 1. The summed E-state index contributed by atoms with van der Waals surface area (Å²) in [5.41, 5.74) is 0. The molecule has 0 aromatic rings. The molecular weight excluding hydrogens is 240 g/mol. The van der Waals surface area contributed by atoms with E-state index >= 15 is 0 Å². The van der Waals surface area contributed by atoms with E-state index in [4.69, 9.17) is 4.74 Å². The molecule has 1 atom stereocenters. The minimum atomic E-state index is 0.0396. The zero-order valence-electron chi connectivity index (χ0n) is 12.7. The molecule has 0 saturated carbocycles. The first-order chi connectivity index (χ1) is 8.95. The molecule has 1 unspecified atom stereocenters. The normalized spacial score (nSPS) is 19.3. The van der Waals surface area contributed by atoms with Gasteiger partial charge in [-0.3, -0.25) is 4.79 Å². The highest BCUT2D eigenvalue weighted by atomic mass is 16.5. The van der Waals surface area contributed by atoms with Crippen LogP contribution in [-0.2, 0) is 9.53 Å². The van der Waals surface area contributed by atoms with E-state index in [0.29, 0.717) is 11.8 Å². The maximum Gasteiger partial charge on any atom is 0.225 e. The Bertz CT molecular complexity index is 359. The fourth-order valence-corrected chi connectivity index (χ4v) is 2.14. The largest absolute Gasteiger partial charge is 0.481 e. The van der Waals surface area contributed by atoms with Crippen LogP contribution in [0.2, 0.25) is 0 Å². The first-order valence-corrected chi connectivity index (χ1v) is 7.04. The van der Waals surface area contributed by atoms with Crippen LogP contribution in [0.5, 0.6) is 0 Å². The maximum atomic E-state index is 12.2. The summed E-state index contributed by atoms with van der Waals surface area (Å²) in [6, 6.07) is 0.224. The Morgan fingerprint density at radius 1 is 1.47 bits per heavy atom. The molecule has 0 radical (unpaired) electrons. The van der Waals surface area contributed by atoms with Gasteiger partial charge in [-0.15, -0.1) is 0 Å². The Kier molecular flexibility index (Phi) is 6.06. The fraction of sp³-hybridized carbons (Fsp3) is 0.733. The standard InChI is InChI=1S/C15H26N2O2/c1-11(2)15(18)17(12(3)4)10-13-7-6-8-14(19-5)16-9-13/h8-9,11-13H,6-7,10H2,1-5H3. The molecule has 1 amide bonds. The van der Waals surface area contributed by atoms with Crippen molar-refractivity contribution in [2.24, 2.45) is 16.8 Å². The Balaban J connectivity index is 2.68. The van der Waals surface area contributed by atoms with Crippen LogP contribution < -0.4 is 0 Å². The summed E-state index contributed by atoms with van der Waals surface area (Å²) in [6.07, 6.45) is 5.87. The van der Waals surface area contributed by atoms with Crippen molar-refractivity contribution in [2.45, 2.75) is 46.6 Å². The molecule has 4 heteroatoms. The molecule has 1 heterocycles. The summed E-state index contributed by atoms with van der Waals surface area (Å²) in [6.45, 7) is 8.76. The number of allylic oxidation sites excluding steroid dienone is 1. The number of hydrogen-bond donors (Lipinski definition) is 0. The van der Waals surface area contributed by atoms with Crippen LogP contribution >= 0.6 is 0 Å². The van der Waals surface area contributed by atoms with Gasteiger partial charge in [-0.05, 0) is 32.8 Å². The molecule has 0 bridgehead atoms. The number of ether oxygens (including phenoxy) is 1. The fourth-order valence-electron chi connectivity index (χ4n) is 2.14. The lowest BCUT2D eigenvalue weighted by molar-refractivity contribution is -0.136. The molecule has 0 N–H and O–H groups in total. The number of nitrogens with zero attached hydrogens (tertiary/aromatic N) is 2. The molecule has 19 heavy (non-hydrogen) atoms. The Labute approximate surface area is 116 Å². The third kappa shape index (κ3) is 4.69. The van der Waals surface area contributed by atoms with E-state index in [1.807, 2.05) is 31.0 Å². The van der Waals surface area contributed by atoms with Crippen LogP contribution in [0.3, 0.4) is 0 Å². The third-order valence-corrected chi connectivity index (χ3v) is 3.31. The maximum absolute atomic E-state index is 12.2. The molecule has 0 aliphatic carbocycles. The summed E-state index contributed by atoms with van der Waals surface area (Å²) in [5.74, 6) is 1.23. The second-order valence-corrected chi connectivity index (χ2v) is 5.60. The highest BCUT2D eigenvalue weighted by molar-refractivity contribution is 5.79. The predicted molar refractivity (Wildman–Crippen MR) is 78.0 cm³/mol. The van der Waals surface area contributed by atoms with E-state index in [1.165, 1.54) is 0 Å². The van der Waals surface area contributed by atoms with Crippen molar-refractivity contribution in [2.75, 3.05) is 13.7 Å². The monoisotopic (exact) mass is 266 g/mol. The second kappa shape index (κ2) is 7.31.